The van der Waals surface area contributed by atoms with E-state index in [2.05, 4.69) is 0 Å². The smallest absolute Gasteiger partial charge is 0.130 e. The molecule has 1 heterocycles. The van der Waals surface area contributed by atoms with Gasteiger partial charge in [0.1, 0.15) is 11.6 Å². The molecular weight excluding hydrogens is 220 g/mol. The average Bonchev–Trinajstić information content (AvgIpc) is 2.14. The zero-order valence-corrected chi connectivity index (χ0v) is 8.97. The largest absolute Gasteiger partial charge is 0.298 e. The molecule has 0 atom stereocenters. The maximum Gasteiger partial charge on any atom is 0.130 e. The summed E-state index contributed by atoms with van der Waals surface area (Å²) in [5, 5.41) is 0. The van der Waals surface area contributed by atoms with Crippen molar-refractivity contribution in [3.63, 3.8) is 0 Å². The number of halogens is 3. The molecule has 1 aromatic rings. The molecule has 1 fully saturated rings. The highest BCUT2D eigenvalue weighted by Crippen LogP contribution is 2.22. The van der Waals surface area contributed by atoms with Crippen molar-refractivity contribution in [2.45, 2.75) is 6.54 Å². The Morgan fingerprint density at radius 3 is 2.40 bits per heavy atom. The topological polar surface area (TPSA) is 3.24 Å². The predicted molar refractivity (Wildman–Crippen MR) is 55.8 cm³/mol. The molecule has 1 saturated heterocycles. The fourth-order valence-corrected chi connectivity index (χ4v) is 2.01. The summed E-state index contributed by atoms with van der Waals surface area (Å²) >= 11 is 5.66. The van der Waals surface area contributed by atoms with E-state index in [1.54, 1.807) is 0 Å². The second-order valence-electron chi connectivity index (χ2n) is 3.91. The summed E-state index contributed by atoms with van der Waals surface area (Å²) in [5.41, 5.74) is 0.158. The quantitative estimate of drug-likeness (QED) is 0.723. The monoisotopic (exact) mass is 231 g/mol. The summed E-state index contributed by atoms with van der Waals surface area (Å²) < 4.78 is 26.5. The average molecular weight is 232 g/mol. The van der Waals surface area contributed by atoms with E-state index in [9.17, 15) is 8.78 Å². The molecule has 2 rings (SSSR count). The lowest BCUT2D eigenvalue weighted by Crippen LogP contribution is -2.46. The van der Waals surface area contributed by atoms with Gasteiger partial charge in [-0.25, -0.2) is 8.78 Å². The van der Waals surface area contributed by atoms with Gasteiger partial charge in [0.05, 0.1) is 0 Å². The lowest BCUT2D eigenvalue weighted by molar-refractivity contribution is 0.104. The predicted octanol–water partition coefficient (Wildman–Crippen LogP) is 2.64. The highest BCUT2D eigenvalue weighted by Gasteiger charge is 2.27. The molecule has 1 nitrogen and oxygen atoms in total. The van der Waals surface area contributed by atoms with Gasteiger partial charge in [0.2, 0.25) is 0 Å². The highest BCUT2D eigenvalue weighted by molar-refractivity contribution is 6.18. The van der Waals surface area contributed by atoms with Gasteiger partial charge in [0.15, 0.2) is 0 Å². The third-order valence-corrected chi connectivity index (χ3v) is 3.13. The molecule has 0 amide bonds. The molecule has 1 aliphatic rings. The Kier molecular flexibility index (Phi) is 3.22. The zero-order chi connectivity index (χ0) is 10.8. The van der Waals surface area contributed by atoms with Crippen molar-refractivity contribution in [1.82, 2.24) is 4.90 Å². The maximum atomic E-state index is 13.3. The van der Waals surface area contributed by atoms with Crippen molar-refractivity contribution in [2.24, 2.45) is 5.92 Å². The summed E-state index contributed by atoms with van der Waals surface area (Å²) in [6.07, 6.45) is 0. The van der Waals surface area contributed by atoms with E-state index < -0.39 is 11.6 Å². The highest BCUT2D eigenvalue weighted by atomic mass is 35.5. The van der Waals surface area contributed by atoms with Gasteiger partial charge >= 0.3 is 0 Å². The molecule has 1 aliphatic heterocycles. The minimum absolute atomic E-state index is 0.158. The van der Waals surface area contributed by atoms with E-state index >= 15 is 0 Å². The van der Waals surface area contributed by atoms with Crippen LogP contribution in [0.4, 0.5) is 8.78 Å². The van der Waals surface area contributed by atoms with Crippen LogP contribution in [0.2, 0.25) is 0 Å². The molecule has 4 heteroatoms. The molecule has 0 aromatic heterocycles. The van der Waals surface area contributed by atoms with Gasteiger partial charge in [-0.2, -0.15) is 0 Å². The lowest BCUT2D eigenvalue weighted by atomic mass is 10.0. The molecule has 15 heavy (non-hydrogen) atoms. The van der Waals surface area contributed by atoms with Crippen molar-refractivity contribution in [3.8, 4) is 0 Å². The molecule has 0 saturated carbocycles. The second kappa shape index (κ2) is 4.45. The van der Waals surface area contributed by atoms with Crippen molar-refractivity contribution < 1.29 is 8.78 Å². The lowest BCUT2D eigenvalue weighted by Gasteiger charge is -2.38. The van der Waals surface area contributed by atoms with E-state index in [0.29, 0.717) is 18.3 Å². The number of benzene rings is 1. The number of rotatable bonds is 3. The number of hydrogen-bond acceptors (Lipinski definition) is 1. The van der Waals surface area contributed by atoms with E-state index in [0.717, 1.165) is 13.1 Å². The van der Waals surface area contributed by atoms with Crippen molar-refractivity contribution in [2.75, 3.05) is 19.0 Å². The van der Waals surface area contributed by atoms with Crippen molar-refractivity contribution in [3.05, 3.63) is 35.4 Å². The Morgan fingerprint density at radius 2 is 1.87 bits per heavy atom. The molecule has 0 N–H and O–H groups in total. The Hall–Kier alpha value is -0.670. The fourth-order valence-electron chi connectivity index (χ4n) is 1.81. The summed E-state index contributed by atoms with van der Waals surface area (Å²) in [6.45, 7) is 2.00. The van der Waals surface area contributed by atoms with Gasteiger partial charge in [-0.3, -0.25) is 4.90 Å². The van der Waals surface area contributed by atoms with Crippen LogP contribution in [0.1, 0.15) is 5.56 Å². The van der Waals surface area contributed by atoms with Crippen molar-refractivity contribution in [1.29, 1.82) is 0 Å². The van der Waals surface area contributed by atoms with E-state index in [1.165, 1.54) is 18.2 Å². The third kappa shape index (κ3) is 2.29. The molecule has 0 radical (unpaired) electrons. The van der Waals surface area contributed by atoms with Gasteiger partial charge in [0, 0.05) is 31.1 Å². The minimum Gasteiger partial charge on any atom is -0.298 e. The minimum atomic E-state index is -0.468. The molecular formula is C11H12ClF2N. The van der Waals surface area contributed by atoms with Gasteiger partial charge in [-0.1, -0.05) is 6.07 Å². The van der Waals surface area contributed by atoms with Gasteiger partial charge in [0.25, 0.3) is 0 Å². The summed E-state index contributed by atoms with van der Waals surface area (Å²) in [5.74, 6) is 0.158. The van der Waals surface area contributed by atoms with E-state index in [-0.39, 0.29) is 5.56 Å². The number of alkyl halides is 1. The summed E-state index contributed by atoms with van der Waals surface area (Å²) in [6, 6.07) is 3.96. The van der Waals surface area contributed by atoms with E-state index in [1.807, 2.05) is 4.90 Å². The first-order valence-corrected chi connectivity index (χ1v) is 5.45. The molecule has 1 aromatic carbocycles. The zero-order valence-electron chi connectivity index (χ0n) is 8.22. The van der Waals surface area contributed by atoms with Crippen molar-refractivity contribution >= 4 is 11.6 Å². The number of nitrogens with zero attached hydrogens (tertiary/aromatic N) is 1. The first-order chi connectivity index (χ1) is 7.20. The van der Waals surface area contributed by atoms with Gasteiger partial charge < -0.3 is 0 Å². The van der Waals surface area contributed by atoms with Gasteiger partial charge in [-0.15, -0.1) is 11.6 Å². The molecule has 0 unspecified atom stereocenters. The fraction of sp³-hybridized carbons (Fsp3) is 0.455. The van der Waals surface area contributed by atoms with Crippen LogP contribution in [-0.4, -0.2) is 23.9 Å². The Labute approximate surface area is 92.6 Å². The van der Waals surface area contributed by atoms with Crippen LogP contribution in [0.5, 0.6) is 0 Å². The van der Waals surface area contributed by atoms with Crippen LogP contribution in [0.3, 0.4) is 0 Å². The van der Waals surface area contributed by atoms with Gasteiger partial charge in [-0.05, 0) is 18.1 Å². The Balaban J connectivity index is 2.00. The normalized spacial score (nSPS) is 17.8. The third-order valence-electron chi connectivity index (χ3n) is 2.69. The second-order valence-corrected chi connectivity index (χ2v) is 4.22. The summed E-state index contributed by atoms with van der Waals surface area (Å²) in [4.78, 5) is 1.99. The first kappa shape index (κ1) is 10.8. The maximum absolute atomic E-state index is 13.3. The van der Waals surface area contributed by atoms with E-state index in [4.69, 9.17) is 11.6 Å². The summed E-state index contributed by atoms with van der Waals surface area (Å²) in [7, 11) is 0. The SMILES string of the molecule is Fc1cccc(F)c1CN1CC(CCl)C1. The Morgan fingerprint density at radius 1 is 1.27 bits per heavy atom. The van der Waals surface area contributed by atoms with Crippen LogP contribution < -0.4 is 0 Å². The molecule has 0 aliphatic carbocycles. The number of hydrogen-bond donors (Lipinski definition) is 0. The van der Waals surface area contributed by atoms with Crippen LogP contribution in [0.15, 0.2) is 18.2 Å². The standard InChI is InChI=1S/C11H12ClF2N/c12-4-8-5-15(6-8)7-9-10(13)2-1-3-11(9)14/h1-3,8H,4-7H2. The first-order valence-electron chi connectivity index (χ1n) is 4.92. The van der Waals surface area contributed by atoms with Crippen LogP contribution in [0.25, 0.3) is 0 Å². The number of likely N-dealkylation sites (tertiary alicyclic amines) is 1. The van der Waals surface area contributed by atoms with Crippen LogP contribution >= 0.6 is 11.6 Å². The molecule has 0 bridgehead atoms. The van der Waals surface area contributed by atoms with Crippen LogP contribution in [0, 0.1) is 17.6 Å². The Bertz CT molecular complexity index is 330. The molecule has 0 spiro atoms. The molecule has 82 valence electrons. The van der Waals surface area contributed by atoms with Crippen LogP contribution in [-0.2, 0) is 6.54 Å².